The van der Waals surface area contributed by atoms with Crippen LogP contribution < -0.4 is 0 Å². The van der Waals surface area contributed by atoms with E-state index in [2.05, 4.69) is 4.74 Å². The Morgan fingerprint density at radius 2 is 1.00 bits per heavy atom. The molecule has 0 aromatic carbocycles. The van der Waals surface area contributed by atoms with Gasteiger partial charge in [-0.3, -0.25) is 0 Å². The average Bonchev–Trinajstić information content (AvgIpc) is 2.64. The van der Waals surface area contributed by atoms with Crippen molar-refractivity contribution in [1.82, 2.24) is 0 Å². The predicted molar refractivity (Wildman–Crippen MR) is 75.0 cm³/mol. The minimum Gasteiger partial charge on any atom is -0.379 e. The van der Waals surface area contributed by atoms with Crippen molar-refractivity contribution in [2.75, 3.05) is 19.8 Å². The van der Waals surface area contributed by atoms with E-state index >= 15 is 0 Å². The number of ether oxygens (including phenoxy) is 2. The largest absolute Gasteiger partial charge is 0.460 e. The van der Waals surface area contributed by atoms with E-state index in [-0.39, 0.29) is 12.5 Å². The van der Waals surface area contributed by atoms with Crippen LogP contribution in [-0.2, 0) is 9.47 Å². The van der Waals surface area contributed by atoms with Gasteiger partial charge >= 0.3 is 47.6 Å². The summed E-state index contributed by atoms with van der Waals surface area (Å²) in [6, 6.07) is 0. The minimum atomic E-state index is -8.61. The van der Waals surface area contributed by atoms with Gasteiger partial charge in [-0.25, -0.2) is 0 Å². The van der Waals surface area contributed by atoms with Gasteiger partial charge in [-0.05, 0) is 0 Å². The van der Waals surface area contributed by atoms with Gasteiger partial charge in [-0.15, -0.1) is 0 Å². The van der Waals surface area contributed by atoms with E-state index in [1.54, 1.807) is 6.92 Å². The first kappa shape index (κ1) is 30.8. The third-order valence-corrected chi connectivity index (χ3v) is 4.84. The fourth-order valence-electron chi connectivity index (χ4n) is 2.39. The summed E-state index contributed by atoms with van der Waals surface area (Å²) < 4.78 is 232. The van der Waals surface area contributed by atoms with Gasteiger partial charge in [0.1, 0.15) is 0 Å². The molecule has 0 radical (unpaired) electrons. The summed E-state index contributed by atoms with van der Waals surface area (Å²) in [5.41, 5.74) is 0. The summed E-state index contributed by atoms with van der Waals surface area (Å²) in [4.78, 5) is 0. The first-order valence-corrected chi connectivity index (χ1v) is 8.65. The van der Waals surface area contributed by atoms with E-state index in [1.165, 1.54) is 0 Å². The molecule has 1 rings (SSSR count). The van der Waals surface area contributed by atoms with Crippen LogP contribution >= 0.6 is 0 Å². The van der Waals surface area contributed by atoms with Crippen LogP contribution in [0.3, 0.4) is 0 Å². The highest BCUT2D eigenvalue weighted by atomic mass is 19.4. The zero-order chi connectivity index (χ0) is 27.4. The number of hydrogen-bond acceptors (Lipinski definition) is 2. The monoisotopic (exact) mass is 548 g/mol. The zero-order valence-corrected chi connectivity index (χ0v) is 16.2. The van der Waals surface area contributed by atoms with Crippen LogP contribution in [-0.4, -0.2) is 73.6 Å². The second-order valence-electron chi connectivity index (χ2n) is 7.32. The Morgan fingerprint density at radius 3 is 1.32 bits per heavy atom. The van der Waals surface area contributed by atoms with E-state index in [4.69, 9.17) is 4.74 Å². The molecule has 0 aromatic heterocycles. The highest BCUT2D eigenvalue weighted by Crippen LogP contribution is 2.64. The van der Waals surface area contributed by atoms with Crippen LogP contribution in [0.4, 0.5) is 74.6 Å². The summed E-state index contributed by atoms with van der Waals surface area (Å²) in [6.45, 7) is -0.487. The molecule has 34 heavy (non-hydrogen) atoms. The normalized spacial score (nSPS) is 22.1. The molecular formula is C15H13F17O2. The molecular weight excluding hydrogens is 535 g/mol. The maximum Gasteiger partial charge on any atom is 0.460 e. The van der Waals surface area contributed by atoms with Crippen molar-refractivity contribution in [3.05, 3.63) is 0 Å². The van der Waals surface area contributed by atoms with Crippen LogP contribution in [0.5, 0.6) is 0 Å². The molecule has 1 heterocycles. The van der Waals surface area contributed by atoms with Crippen LogP contribution in [0, 0.1) is 5.92 Å². The molecule has 0 N–H and O–H groups in total. The quantitative estimate of drug-likeness (QED) is 0.219. The third kappa shape index (κ3) is 4.38. The molecule has 1 aliphatic rings. The van der Waals surface area contributed by atoms with Gasteiger partial charge in [0.25, 0.3) is 0 Å². The van der Waals surface area contributed by atoms with Crippen molar-refractivity contribution in [3.63, 3.8) is 0 Å². The van der Waals surface area contributed by atoms with Crippen molar-refractivity contribution >= 4 is 0 Å². The van der Waals surface area contributed by atoms with Crippen molar-refractivity contribution < 1.29 is 84.1 Å². The summed E-state index contributed by atoms with van der Waals surface area (Å²) in [5, 5.41) is 0. The van der Waals surface area contributed by atoms with Gasteiger partial charge in [-0.1, -0.05) is 6.92 Å². The first-order chi connectivity index (χ1) is 14.7. The predicted octanol–water partition coefficient (Wildman–Crippen LogP) is 6.44. The fourth-order valence-corrected chi connectivity index (χ4v) is 2.39. The Hall–Kier alpha value is -1.27. The molecule has 0 amide bonds. The molecule has 0 saturated carbocycles. The Morgan fingerprint density at radius 1 is 0.618 bits per heavy atom. The molecule has 1 fully saturated rings. The summed E-state index contributed by atoms with van der Waals surface area (Å²) >= 11 is 0. The van der Waals surface area contributed by atoms with E-state index < -0.39 is 73.4 Å². The lowest BCUT2D eigenvalue weighted by molar-refractivity contribution is -0.462. The summed E-state index contributed by atoms with van der Waals surface area (Å²) in [7, 11) is 0. The second kappa shape index (κ2) is 8.69. The SMILES string of the molecule is CC1COC1COCCC(F)(F)C(F)(F)C(F)(F)C(F)(F)C(F)(F)C(F)(F)C(F)(F)C(F)(F)F. The van der Waals surface area contributed by atoms with Crippen LogP contribution in [0.2, 0.25) is 0 Å². The Labute approximate surface area is 178 Å². The maximum absolute atomic E-state index is 13.6. The molecule has 204 valence electrons. The van der Waals surface area contributed by atoms with Crippen molar-refractivity contribution in [1.29, 1.82) is 0 Å². The van der Waals surface area contributed by atoms with Crippen molar-refractivity contribution in [2.24, 2.45) is 5.92 Å². The summed E-state index contributed by atoms with van der Waals surface area (Å²) in [5.74, 6) is -56.4. The smallest absolute Gasteiger partial charge is 0.379 e. The number of halogens is 17. The first-order valence-electron chi connectivity index (χ1n) is 8.65. The molecule has 0 bridgehead atoms. The zero-order valence-electron chi connectivity index (χ0n) is 16.2. The average molecular weight is 548 g/mol. The van der Waals surface area contributed by atoms with Crippen LogP contribution in [0.15, 0.2) is 0 Å². The van der Waals surface area contributed by atoms with Crippen LogP contribution in [0.25, 0.3) is 0 Å². The second-order valence-corrected chi connectivity index (χ2v) is 7.32. The molecule has 1 aliphatic heterocycles. The molecule has 2 nitrogen and oxygen atoms in total. The lowest BCUT2D eigenvalue weighted by Gasteiger charge is -2.42. The highest BCUT2D eigenvalue weighted by Gasteiger charge is 2.95. The minimum absolute atomic E-state index is 0.176. The van der Waals surface area contributed by atoms with E-state index in [1.807, 2.05) is 0 Å². The number of rotatable bonds is 11. The number of hydrogen-bond donors (Lipinski definition) is 0. The van der Waals surface area contributed by atoms with Gasteiger partial charge in [0.15, 0.2) is 0 Å². The molecule has 0 spiro atoms. The standard InChI is InChI=1S/C15H13F17O2/c1-6-4-34-7(6)5-33-3-2-8(16,17)9(18,19)10(20,21)11(22,23)12(24,25)13(26,27)14(28,29)15(30,31)32/h6-7H,2-5H2,1H3. The lowest BCUT2D eigenvalue weighted by Crippen LogP contribution is -2.74. The molecule has 1 saturated heterocycles. The maximum atomic E-state index is 13.6. The van der Waals surface area contributed by atoms with E-state index in [0.717, 1.165) is 0 Å². The fraction of sp³-hybridized carbons (Fsp3) is 1.00. The number of alkyl halides is 17. The van der Waals surface area contributed by atoms with Gasteiger partial charge in [-0.2, -0.15) is 74.6 Å². The van der Waals surface area contributed by atoms with Crippen LogP contribution in [0.1, 0.15) is 13.3 Å². The molecule has 0 aliphatic carbocycles. The van der Waals surface area contributed by atoms with Gasteiger partial charge in [0.05, 0.1) is 25.9 Å². The van der Waals surface area contributed by atoms with E-state index in [0.29, 0.717) is 0 Å². The van der Waals surface area contributed by atoms with Gasteiger partial charge in [0.2, 0.25) is 0 Å². The Balaban J connectivity index is 3.23. The topological polar surface area (TPSA) is 18.5 Å². The highest BCUT2D eigenvalue weighted by molar-refractivity contribution is 5.15. The van der Waals surface area contributed by atoms with Crippen molar-refractivity contribution in [3.8, 4) is 0 Å². The molecule has 19 heteroatoms. The van der Waals surface area contributed by atoms with Crippen molar-refractivity contribution in [2.45, 2.75) is 67.1 Å². The Kier molecular flexibility index (Phi) is 7.86. The molecule has 0 aromatic rings. The van der Waals surface area contributed by atoms with Gasteiger partial charge in [0, 0.05) is 12.3 Å². The lowest BCUT2D eigenvalue weighted by atomic mass is 9.88. The Bertz CT molecular complexity index is 714. The summed E-state index contributed by atoms with van der Waals surface area (Å²) in [6.07, 6.45) is -11.1. The van der Waals surface area contributed by atoms with Gasteiger partial charge < -0.3 is 9.47 Å². The molecule has 2 atom stereocenters. The van der Waals surface area contributed by atoms with E-state index in [9.17, 15) is 74.6 Å². The molecule has 2 unspecified atom stereocenters. The third-order valence-electron chi connectivity index (χ3n) is 4.84.